The predicted octanol–water partition coefficient (Wildman–Crippen LogP) is 4.55. The third-order valence-corrected chi connectivity index (χ3v) is 4.70. The summed E-state index contributed by atoms with van der Waals surface area (Å²) in [4.78, 5) is 10.3. The van der Waals surface area contributed by atoms with Gasteiger partial charge in [-0.15, -0.1) is 35.3 Å². The van der Waals surface area contributed by atoms with Crippen LogP contribution in [0.4, 0.5) is 0 Å². The molecule has 0 amide bonds. The van der Waals surface area contributed by atoms with Crippen LogP contribution in [0.3, 0.4) is 0 Å². The van der Waals surface area contributed by atoms with Crippen LogP contribution in [0.15, 0.2) is 35.5 Å². The average Bonchev–Trinajstić information content (AvgIpc) is 3.05. The summed E-state index contributed by atoms with van der Waals surface area (Å²) in [5, 5.41) is 7.83. The van der Waals surface area contributed by atoms with Crippen LogP contribution in [0.2, 0.25) is 0 Å². The van der Waals surface area contributed by atoms with E-state index in [1.807, 2.05) is 18.3 Å². The third kappa shape index (κ3) is 9.41. The molecule has 1 aromatic carbocycles. The maximum atomic E-state index is 5.77. The Labute approximate surface area is 184 Å². The number of aliphatic imine (C=N–C) groups is 1. The highest BCUT2D eigenvalue weighted by Crippen LogP contribution is 2.14. The zero-order valence-electron chi connectivity index (χ0n) is 16.5. The van der Waals surface area contributed by atoms with Crippen LogP contribution in [0.25, 0.3) is 0 Å². The lowest BCUT2D eigenvalue weighted by atomic mass is 10.2. The molecular weight excluding hydrogens is 471 g/mol. The van der Waals surface area contributed by atoms with Crippen molar-refractivity contribution in [1.29, 1.82) is 0 Å². The largest absolute Gasteiger partial charge is 0.494 e. The number of ether oxygens (including phenoxy) is 1. The van der Waals surface area contributed by atoms with E-state index >= 15 is 0 Å². The standard InChI is InChI=1S/C20H30N4OS.HI/c1-4-6-12-25-18-9-7-8-17(13-18)15-24-20(21-5-2)22-11-10-19-23-14-16(3)26-19;/h7-9,13-14H,4-6,10-12,15H2,1-3H3,(H2,21,22,24);1H. The fourth-order valence-corrected chi connectivity index (χ4v) is 3.17. The second kappa shape index (κ2) is 13.8. The fourth-order valence-electron chi connectivity index (χ4n) is 2.38. The molecule has 5 nitrogen and oxygen atoms in total. The summed E-state index contributed by atoms with van der Waals surface area (Å²) in [6.07, 6.45) is 5.05. The fraction of sp³-hybridized carbons (Fsp3) is 0.500. The molecule has 150 valence electrons. The Hall–Kier alpha value is -1.35. The predicted molar refractivity (Wildman–Crippen MR) is 126 cm³/mol. The number of unbranched alkanes of at least 4 members (excludes halogenated alkanes) is 1. The van der Waals surface area contributed by atoms with Crippen molar-refractivity contribution in [3.8, 4) is 5.75 Å². The molecule has 0 atom stereocenters. The van der Waals surface area contributed by atoms with Crippen molar-refractivity contribution in [3.63, 3.8) is 0 Å². The Balaban J connectivity index is 0.00000364. The summed E-state index contributed by atoms with van der Waals surface area (Å²) < 4.78 is 5.77. The summed E-state index contributed by atoms with van der Waals surface area (Å²) in [5.41, 5.74) is 1.15. The number of rotatable bonds is 10. The average molecular weight is 502 g/mol. The van der Waals surface area contributed by atoms with Gasteiger partial charge in [-0.25, -0.2) is 9.98 Å². The highest BCUT2D eigenvalue weighted by molar-refractivity contribution is 14.0. The Morgan fingerprint density at radius 2 is 2.11 bits per heavy atom. The van der Waals surface area contributed by atoms with Crippen LogP contribution in [-0.2, 0) is 13.0 Å². The number of hydrogen-bond donors (Lipinski definition) is 2. The molecule has 2 N–H and O–H groups in total. The van der Waals surface area contributed by atoms with Gasteiger partial charge < -0.3 is 15.4 Å². The van der Waals surface area contributed by atoms with Crippen LogP contribution < -0.4 is 15.4 Å². The molecule has 0 aliphatic carbocycles. The minimum Gasteiger partial charge on any atom is -0.494 e. The van der Waals surface area contributed by atoms with Crippen molar-refractivity contribution in [2.75, 3.05) is 19.7 Å². The van der Waals surface area contributed by atoms with Gasteiger partial charge >= 0.3 is 0 Å². The summed E-state index contributed by atoms with van der Waals surface area (Å²) in [5.74, 6) is 1.75. The number of guanidine groups is 1. The Morgan fingerprint density at radius 1 is 1.26 bits per heavy atom. The van der Waals surface area contributed by atoms with E-state index in [0.717, 1.165) is 61.2 Å². The van der Waals surface area contributed by atoms with Crippen molar-refractivity contribution in [2.45, 2.75) is 46.6 Å². The summed E-state index contributed by atoms with van der Waals surface area (Å²) in [6, 6.07) is 8.18. The number of hydrogen-bond acceptors (Lipinski definition) is 4. The van der Waals surface area contributed by atoms with E-state index in [-0.39, 0.29) is 24.0 Å². The number of halogens is 1. The minimum atomic E-state index is 0. The number of aryl methyl sites for hydroxylation is 1. The highest BCUT2D eigenvalue weighted by Gasteiger charge is 2.02. The van der Waals surface area contributed by atoms with E-state index in [0.29, 0.717) is 6.54 Å². The summed E-state index contributed by atoms with van der Waals surface area (Å²) in [6.45, 7) is 9.37. The van der Waals surface area contributed by atoms with E-state index in [1.54, 1.807) is 11.3 Å². The monoisotopic (exact) mass is 502 g/mol. The van der Waals surface area contributed by atoms with Crippen molar-refractivity contribution in [3.05, 3.63) is 45.9 Å². The van der Waals surface area contributed by atoms with Crippen LogP contribution in [0, 0.1) is 6.92 Å². The molecule has 0 aliphatic heterocycles. The van der Waals surface area contributed by atoms with Gasteiger partial charge in [0, 0.05) is 30.6 Å². The van der Waals surface area contributed by atoms with Crippen LogP contribution in [0.5, 0.6) is 5.75 Å². The van der Waals surface area contributed by atoms with Gasteiger partial charge in [-0.05, 0) is 38.0 Å². The zero-order chi connectivity index (χ0) is 18.6. The van der Waals surface area contributed by atoms with Gasteiger partial charge in [0.15, 0.2) is 5.96 Å². The summed E-state index contributed by atoms with van der Waals surface area (Å²) in [7, 11) is 0. The first kappa shape index (κ1) is 23.7. The molecule has 2 rings (SSSR count). The van der Waals surface area contributed by atoms with Gasteiger partial charge in [-0.2, -0.15) is 0 Å². The smallest absolute Gasteiger partial charge is 0.191 e. The minimum absolute atomic E-state index is 0. The molecule has 0 spiro atoms. The second-order valence-electron chi connectivity index (χ2n) is 6.09. The number of thiazole rings is 1. The topological polar surface area (TPSA) is 58.5 Å². The molecule has 2 aromatic rings. The van der Waals surface area contributed by atoms with Crippen LogP contribution in [-0.4, -0.2) is 30.6 Å². The van der Waals surface area contributed by atoms with Crippen molar-refractivity contribution >= 4 is 41.3 Å². The van der Waals surface area contributed by atoms with Crippen LogP contribution >= 0.6 is 35.3 Å². The molecule has 0 saturated heterocycles. The SMILES string of the molecule is CCCCOc1cccc(CN=C(NCC)NCCc2ncc(C)s2)c1.I. The lowest BCUT2D eigenvalue weighted by molar-refractivity contribution is 0.309. The number of nitrogens with zero attached hydrogens (tertiary/aromatic N) is 2. The summed E-state index contributed by atoms with van der Waals surface area (Å²) >= 11 is 1.75. The van der Waals surface area contributed by atoms with Gasteiger partial charge in [0.2, 0.25) is 0 Å². The molecule has 1 heterocycles. The Bertz CT molecular complexity index is 690. The van der Waals surface area contributed by atoms with Crippen LogP contribution in [0.1, 0.15) is 42.1 Å². The lowest BCUT2D eigenvalue weighted by Gasteiger charge is -2.11. The maximum absolute atomic E-state index is 5.77. The second-order valence-corrected chi connectivity index (χ2v) is 7.41. The van der Waals surface area contributed by atoms with Gasteiger partial charge in [0.25, 0.3) is 0 Å². The molecule has 1 aromatic heterocycles. The number of aromatic nitrogens is 1. The van der Waals surface area contributed by atoms with E-state index in [2.05, 4.69) is 53.5 Å². The molecule has 27 heavy (non-hydrogen) atoms. The molecular formula is C20H31IN4OS. The third-order valence-electron chi connectivity index (χ3n) is 3.73. The normalized spacial score (nSPS) is 11.0. The first-order valence-electron chi connectivity index (χ1n) is 9.36. The maximum Gasteiger partial charge on any atom is 0.191 e. The lowest BCUT2D eigenvalue weighted by Crippen LogP contribution is -2.38. The van der Waals surface area contributed by atoms with Crippen molar-refractivity contribution < 1.29 is 4.74 Å². The highest BCUT2D eigenvalue weighted by atomic mass is 127. The quantitative estimate of drug-likeness (QED) is 0.217. The van der Waals surface area contributed by atoms with Gasteiger partial charge in [0.05, 0.1) is 18.2 Å². The van der Waals surface area contributed by atoms with E-state index in [9.17, 15) is 0 Å². The van der Waals surface area contributed by atoms with E-state index < -0.39 is 0 Å². The Kier molecular flexibility index (Phi) is 12.1. The van der Waals surface area contributed by atoms with Gasteiger partial charge in [-0.1, -0.05) is 25.5 Å². The number of nitrogens with one attached hydrogen (secondary N) is 2. The van der Waals surface area contributed by atoms with Crippen molar-refractivity contribution in [1.82, 2.24) is 15.6 Å². The van der Waals surface area contributed by atoms with Crippen molar-refractivity contribution in [2.24, 2.45) is 4.99 Å². The molecule has 0 unspecified atom stereocenters. The first-order valence-corrected chi connectivity index (χ1v) is 10.2. The number of benzene rings is 1. The molecule has 0 aliphatic rings. The Morgan fingerprint density at radius 3 is 2.81 bits per heavy atom. The van der Waals surface area contributed by atoms with Gasteiger partial charge in [-0.3, -0.25) is 0 Å². The molecule has 0 bridgehead atoms. The zero-order valence-corrected chi connectivity index (χ0v) is 19.6. The van der Waals surface area contributed by atoms with Gasteiger partial charge in [0.1, 0.15) is 5.75 Å². The molecule has 0 radical (unpaired) electrons. The molecule has 7 heteroatoms. The first-order chi connectivity index (χ1) is 12.7. The molecule has 0 saturated carbocycles. The van der Waals surface area contributed by atoms with E-state index in [4.69, 9.17) is 4.74 Å². The molecule has 0 fully saturated rings. The van der Waals surface area contributed by atoms with E-state index in [1.165, 1.54) is 4.88 Å².